The van der Waals surface area contributed by atoms with E-state index in [1.807, 2.05) is 29.8 Å². The van der Waals surface area contributed by atoms with Gasteiger partial charge in [0.1, 0.15) is 5.69 Å². The Morgan fingerprint density at radius 3 is 2.53 bits per heavy atom. The van der Waals surface area contributed by atoms with Crippen molar-refractivity contribution in [1.82, 2.24) is 9.78 Å². The van der Waals surface area contributed by atoms with E-state index in [4.69, 9.17) is 0 Å². The Hall–Kier alpha value is -1.77. The quantitative estimate of drug-likeness (QED) is 0.909. The van der Waals surface area contributed by atoms with Gasteiger partial charge in [-0.25, -0.2) is 4.68 Å². The topological polar surface area (TPSA) is 38.1 Å². The van der Waals surface area contributed by atoms with Crippen molar-refractivity contribution in [3.8, 4) is 11.4 Å². The third-order valence-corrected chi connectivity index (χ3v) is 3.30. The molecular weight excluding hydrogens is 236 g/mol. The highest BCUT2D eigenvalue weighted by Gasteiger charge is 2.18. The lowest BCUT2D eigenvalue weighted by molar-refractivity contribution is 0.456. The lowest BCUT2D eigenvalue weighted by Crippen LogP contribution is -2.04. The minimum atomic E-state index is 0.361. The molecule has 1 heterocycles. The standard InChI is InChI=1S/C16H22N2O/c1-5-14-16(19)13(10-11(2)3)17-18(14)15-9-7-6-8-12(15)4/h6-9,11,19H,5,10H2,1-4H3. The number of nitrogens with zero attached hydrogens (tertiary/aromatic N) is 2. The molecule has 0 aliphatic carbocycles. The van der Waals surface area contributed by atoms with Crippen molar-refractivity contribution < 1.29 is 5.11 Å². The predicted octanol–water partition coefficient (Wildman–Crippen LogP) is 3.65. The van der Waals surface area contributed by atoms with Gasteiger partial charge in [-0.3, -0.25) is 0 Å². The predicted molar refractivity (Wildman–Crippen MR) is 77.9 cm³/mol. The van der Waals surface area contributed by atoms with Gasteiger partial charge in [0, 0.05) is 0 Å². The zero-order valence-corrected chi connectivity index (χ0v) is 12.1. The normalized spacial score (nSPS) is 11.2. The van der Waals surface area contributed by atoms with Gasteiger partial charge >= 0.3 is 0 Å². The summed E-state index contributed by atoms with van der Waals surface area (Å²) < 4.78 is 1.89. The van der Waals surface area contributed by atoms with Crippen molar-refractivity contribution in [1.29, 1.82) is 0 Å². The summed E-state index contributed by atoms with van der Waals surface area (Å²) in [5.74, 6) is 0.843. The molecule has 0 saturated carbocycles. The highest BCUT2D eigenvalue weighted by Crippen LogP contribution is 2.28. The molecule has 0 amide bonds. The van der Waals surface area contributed by atoms with E-state index >= 15 is 0 Å². The van der Waals surface area contributed by atoms with E-state index in [1.54, 1.807) is 0 Å². The molecule has 0 radical (unpaired) electrons. The van der Waals surface area contributed by atoms with E-state index < -0.39 is 0 Å². The van der Waals surface area contributed by atoms with E-state index in [1.165, 1.54) is 0 Å². The molecular formula is C16H22N2O. The Labute approximate surface area is 114 Å². The third-order valence-electron chi connectivity index (χ3n) is 3.30. The number of hydrogen-bond donors (Lipinski definition) is 1. The molecule has 0 saturated heterocycles. The molecule has 0 fully saturated rings. The second-order valence-electron chi connectivity index (χ2n) is 5.39. The molecule has 0 aliphatic rings. The molecule has 0 aliphatic heterocycles. The van der Waals surface area contributed by atoms with Gasteiger partial charge in [-0.05, 0) is 37.3 Å². The molecule has 102 valence electrons. The van der Waals surface area contributed by atoms with Gasteiger partial charge in [0.05, 0.1) is 11.4 Å². The molecule has 3 nitrogen and oxygen atoms in total. The maximum Gasteiger partial charge on any atom is 0.160 e. The minimum Gasteiger partial charge on any atom is -0.504 e. The smallest absolute Gasteiger partial charge is 0.160 e. The van der Waals surface area contributed by atoms with Crippen LogP contribution in [0.25, 0.3) is 5.69 Å². The van der Waals surface area contributed by atoms with Crippen LogP contribution in [0.4, 0.5) is 0 Å². The van der Waals surface area contributed by atoms with Crippen molar-refractivity contribution in [3.05, 3.63) is 41.2 Å². The van der Waals surface area contributed by atoms with Crippen LogP contribution in [0.15, 0.2) is 24.3 Å². The molecule has 1 aromatic carbocycles. The molecule has 2 aromatic rings. The molecule has 1 aromatic heterocycles. The van der Waals surface area contributed by atoms with E-state index in [9.17, 15) is 5.11 Å². The Morgan fingerprint density at radius 2 is 1.95 bits per heavy atom. The Bertz CT molecular complexity index is 570. The first-order valence-corrected chi connectivity index (χ1v) is 6.90. The average molecular weight is 258 g/mol. The van der Waals surface area contributed by atoms with Gasteiger partial charge in [-0.2, -0.15) is 5.10 Å². The minimum absolute atomic E-state index is 0.361. The summed E-state index contributed by atoms with van der Waals surface area (Å²) >= 11 is 0. The van der Waals surface area contributed by atoms with Crippen molar-refractivity contribution >= 4 is 0 Å². The fourth-order valence-electron chi connectivity index (χ4n) is 2.34. The van der Waals surface area contributed by atoms with Crippen molar-refractivity contribution in [2.75, 3.05) is 0 Å². The number of para-hydroxylation sites is 1. The van der Waals surface area contributed by atoms with Gasteiger partial charge in [0.25, 0.3) is 0 Å². The first-order chi connectivity index (χ1) is 9.04. The molecule has 2 rings (SSSR count). The van der Waals surface area contributed by atoms with Crippen LogP contribution in [0.3, 0.4) is 0 Å². The van der Waals surface area contributed by atoms with Crippen molar-refractivity contribution in [2.45, 2.75) is 40.5 Å². The zero-order chi connectivity index (χ0) is 14.0. The van der Waals surface area contributed by atoms with E-state index in [0.29, 0.717) is 11.7 Å². The molecule has 0 spiro atoms. The number of rotatable bonds is 4. The lowest BCUT2D eigenvalue weighted by atomic mass is 10.1. The van der Waals surface area contributed by atoms with Gasteiger partial charge in [0.2, 0.25) is 0 Å². The molecule has 3 heteroatoms. The summed E-state index contributed by atoms with van der Waals surface area (Å²) in [7, 11) is 0. The summed E-state index contributed by atoms with van der Waals surface area (Å²) in [6.45, 7) is 8.38. The second kappa shape index (κ2) is 5.47. The molecule has 1 N–H and O–H groups in total. The van der Waals surface area contributed by atoms with Crippen molar-refractivity contribution in [3.63, 3.8) is 0 Å². The Kier molecular flexibility index (Phi) is 3.93. The number of aromatic nitrogens is 2. The number of aryl methyl sites for hydroxylation is 1. The van der Waals surface area contributed by atoms with Crippen LogP contribution in [0.2, 0.25) is 0 Å². The van der Waals surface area contributed by atoms with Gasteiger partial charge in [-0.1, -0.05) is 39.0 Å². The van der Waals surface area contributed by atoms with Crippen LogP contribution < -0.4 is 0 Å². The Balaban J connectivity index is 2.54. The maximum absolute atomic E-state index is 10.3. The fourth-order valence-corrected chi connectivity index (χ4v) is 2.34. The van der Waals surface area contributed by atoms with Gasteiger partial charge in [-0.15, -0.1) is 0 Å². The van der Waals surface area contributed by atoms with Crippen LogP contribution in [0, 0.1) is 12.8 Å². The second-order valence-corrected chi connectivity index (χ2v) is 5.39. The lowest BCUT2D eigenvalue weighted by Gasteiger charge is -2.08. The zero-order valence-electron chi connectivity index (χ0n) is 12.1. The summed E-state index contributed by atoms with van der Waals surface area (Å²) in [6.07, 6.45) is 1.57. The highest BCUT2D eigenvalue weighted by atomic mass is 16.3. The largest absolute Gasteiger partial charge is 0.504 e. The van der Waals surface area contributed by atoms with E-state index in [0.717, 1.165) is 35.5 Å². The van der Waals surface area contributed by atoms with E-state index in [2.05, 4.69) is 31.9 Å². The summed E-state index contributed by atoms with van der Waals surface area (Å²) in [5, 5.41) is 14.9. The van der Waals surface area contributed by atoms with Crippen LogP contribution in [0.1, 0.15) is 37.7 Å². The SMILES string of the molecule is CCc1c(O)c(CC(C)C)nn1-c1ccccc1C. The number of benzene rings is 1. The number of aromatic hydroxyl groups is 1. The fraction of sp³-hybridized carbons (Fsp3) is 0.438. The maximum atomic E-state index is 10.3. The first-order valence-electron chi connectivity index (χ1n) is 6.90. The monoisotopic (exact) mass is 258 g/mol. The van der Waals surface area contributed by atoms with Crippen LogP contribution >= 0.6 is 0 Å². The summed E-state index contributed by atoms with van der Waals surface area (Å²) in [6, 6.07) is 8.13. The first kappa shape index (κ1) is 13.7. The van der Waals surface area contributed by atoms with Crippen LogP contribution in [-0.4, -0.2) is 14.9 Å². The highest BCUT2D eigenvalue weighted by molar-refractivity contribution is 5.45. The molecule has 19 heavy (non-hydrogen) atoms. The van der Waals surface area contributed by atoms with Gasteiger partial charge < -0.3 is 5.11 Å². The van der Waals surface area contributed by atoms with Crippen molar-refractivity contribution in [2.24, 2.45) is 5.92 Å². The summed E-state index contributed by atoms with van der Waals surface area (Å²) in [5.41, 5.74) is 3.90. The van der Waals surface area contributed by atoms with Crippen LogP contribution in [0.5, 0.6) is 5.75 Å². The number of hydrogen-bond acceptors (Lipinski definition) is 2. The summed E-state index contributed by atoms with van der Waals surface area (Å²) in [4.78, 5) is 0. The van der Waals surface area contributed by atoms with Crippen LogP contribution in [-0.2, 0) is 12.8 Å². The third kappa shape index (κ3) is 2.65. The Morgan fingerprint density at radius 1 is 1.26 bits per heavy atom. The average Bonchev–Trinajstić information content (AvgIpc) is 2.66. The van der Waals surface area contributed by atoms with E-state index in [-0.39, 0.29) is 0 Å². The molecule has 0 atom stereocenters. The van der Waals surface area contributed by atoms with Gasteiger partial charge in [0.15, 0.2) is 5.75 Å². The molecule has 0 bridgehead atoms. The molecule has 0 unspecified atom stereocenters.